The van der Waals surface area contributed by atoms with E-state index in [4.69, 9.17) is 9.97 Å². The van der Waals surface area contributed by atoms with Crippen LogP contribution in [-0.2, 0) is 5.41 Å². The summed E-state index contributed by atoms with van der Waals surface area (Å²) in [6.45, 7) is 0. The third-order valence-electron chi connectivity index (χ3n) is 9.75. The summed E-state index contributed by atoms with van der Waals surface area (Å²) in [6, 6.07) is 49.4. The van der Waals surface area contributed by atoms with E-state index in [1.54, 1.807) is 0 Å². The number of nitrogens with zero attached hydrogens (tertiary/aromatic N) is 2. The summed E-state index contributed by atoms with van der Waals surface area (Å²) in [5, 5.41) is 4.85. The van der Waals surface area contributed by atoms with E-state index < -0.39 is 5.41 Å². The first-order valence-electron chi connectivity index (χ1n) is 14.8. The Labute approximate surface area is 248 Å². The van der Waals surface area contributed by atoms with Gasteiger partial charge in [0.05, 0.1) is 16.4 Å². The third kappa shape index (κ3) is 2.83. The zero-order valence-corrected chi connectivity index (χ0v) is 23.3. The van der Waals surface area contributed by atoms with Gasteiger partial charge in [0.15, 0.2) is 0 Å². The van der Waals surface area contributed by atoms with Gasteiger partial charge in [0, 0.05) is 23.2 Å². The van der Waals surface area contributed by atoms with Gasteiger partial charge in [-0.3, -0.25) is 9.97 Å². The summed E-state index contributed by atoms with van der Waals surface area (Å²) < 4.78 is 0. The van der Waals surface area contributed by atoms with Crippen molar-refractivity contribution in [2.24, 2.45) is 0 Å². The molecular formula is C41H24N2. The Kier molecular flexibility index (Phi) is 4.41. The molecule has 198 valence electrons. The number of rotatable bonds is 1. The minimum Gasteiger partial charge on any atom is -0.254 e. The lowest BCUT2D eigenvalue weighted by atomic mass is 9.61. The molecule has 10 rings (SSSR count). The molecule has 6 aromatic carbocycles. The third-order valence-corrected chi connectivity index (χ3v) is 9.75. The molecule has 0 saturated heterocycles. The second-order valence-electron chi connectivity index (χ2n) is 11.7. The molecule has 0 aliphatic heterocycles. The SMILES string of the molecule is c1ccc2c(c1)-c1ccccc1C21c2cc(-c3cc4cccnc4c4ncccc34)ccc2-c2cccc3cccc1c23. The average molecular weight is 545 g/mol. The number of hydrogen-bond acceptors (Lipinski definition) is 2. The Morgan fingerprint density at radius 1 is 0.395 bits per heavy atom. The highest BCUT2D eigenvalue weighted by Crippen LogP contribution is 2.62. The van der Waals surface area contributed by atoms with Crippen LogP contribution in [0.25, 0.3) is 66.0 Å². The van der Waals surface area contributed by atoms with Crippen molar-refractivity contribution in [3.05, 3.63) is 168 Å². The average Bonchev–Trinajstić information content (AvgIpc) is 3.37. The van der Waals surface area contributed by atoms with Crippen LogP contribution in [0.15, 0.2) is 146 Å². The highest BCUT2D eigenvalue weighted by atomic mass is 14.7. The van der Waals surface area contributed by atoms with Crippen LogP contribution in [0, 0.1) is 0 Å². The molecule has 2 heterocycles. The van der Waals surface area contributed by atoms with Gasteiger partial charge < -0.3 is 0 Å². The first-order valence-corrected chi connectivity index (χ1v) is 14.8. The number of hydrogen-bond donors (Lipinski definition) is 0. The van der Waals surface area contributed by atoms with Crippen LogP contribution in [0.4, 0.5) is 0 Å². The zero-order valence-electron chi connectivity index (χ0n) is 23.3. The van der Waals surface area contributed by atoms with E-state index in [9.17, 15) is 0 Å². The summed E-state index contributed by atoms with van der Waals surface area (Å²) in [6.07, 6.45) is 3.72. The van der Waals surface area contributed by atoms with Crippen molar-refractivity contribution >= 4 is 32.6 Å². The molecule has 0 amide bonds. The molecule has 2 aliphatic carbocycles. The maximum absolute atomic E-state index is 4.81. The van der Waals surface area contributed by atoms with Crippen LogP contribution >= 0.6 is 0 Å². The lowest BCUT2D eigenvalue weighted by Crippen LogP contribution is -2.31. The van der Waals surface area contributed by atoms with E-state index in [1.165, 1.54) is 66.4 Å². The van der Waals surface area contributed by atoms with Crippen LogP contribution in [-0.4, -0.2) is 9.97 Å². The Morgan fingerprint density at radius 2 is 1.02 bits per heavy atom. The topological polar surface area (TPSA) is 25.8 Å². The fourth-order valence-electron chi connectivity index (χ4n) is 8.11. The van der Waals surface area contributed by atoms with Gasteiger partial charge in [0.2, 0.25) is 0 Å². The summed E-state index contributed by atoms with van der Waals surface area (Å²) in [4.78, 5) is 9.51. The van der Waals surface area contributed by atoms with Crippen molar-refractivity contribution in [3.8, 4) is 33.4 Å². The molecule has 0 unspecified atom stereocenters. The zero-order chi connectivity index (χ0) is 28.1. The number of benzene rings is 6. The molecule has 0 saturated carbocycles. The van der Waals surface area contributed by atoms with Gasteiger partial charge in [0.25, 0.3) is 0 Å². The predicted octanol–water partition coefficient (Wildman–Crippen LogP) is 9.95. The standard InChI is InChI=1S/C41H24N2/c1-3-16-34-28(12-1)29-13-2-4-17-35(29)41(34)36-18-6-10-25-9-5-14-31(38(25)36)30-20-19-26(24-37(30)41)33-23-27-11-7-21-42-39(27)40-32(33)15-8-22-43-40/h1-24H. The molecule has 2 nitrogen and oxygen atoms in total. The van der Waals surface area contributed by atoms with Gasteiger partial charge in [-0.1, -0.05) is 109 Å². The van der Waals surface area contributed by atoms with Gasteiger partial charge in [0.1, 0.15) is 0 Å². The van der Waals surface area contributed by atoms with Crippen molar-refractivity contribution in [3.63, 3.8) is 0 Å². The maximum atomic E-state index is 4.81. The molecule has 0 N–H and O–H groups in total. The highest BCUT2D eigenvalue weighted by molar-refractivity contribution is 6.11. The monoisotopic (exact) mass is 544 g/mol. The van der Waals surface area contributed by atoms with Crippen LogP contribution in [0.1, 0.15) is 22.3 Å². The minimum absolute atomic E-state index is 0.432. The van der Waals surface area contributed by atoms with Gasteiger partial charge in [-0.2, -0.15) is 0 Å². The summed E-state index contributed by atoms with van der Waals surface area (Å²) >= 11 is 0. The smallest absolute Gasteiger partial charge is 0.0970 e. The number of pyridine rings is 2. The Hall–Kier alpha value is -5.60. The van der Waals surface area contributed by atoms with Gasteiger partial charge in [-0.05, 0) is 90.7 Å². The van der Waals surface area contributed by atoms with E-state index in [0.29, 0.717) is 0 Å². The van der Waals surface area contributed by atoms with Crippen LogP contribution < -0.4 is 0 Å². The Morgan fingerprint density at radius 3 is 1.84 bits per heavy atom. The molecule has 8 aromatic rings. The van der Waals surface area contributed by atoms with Crippen molar-refractivity contribution < 1.29 is 0 Å². The van der Waals surface area contributed by atoms with E-state index in [2.05, 4.69) is 121 Å². The molecule has 0 radical (unpaired) electrons. The predicted molar refractivity (Wildman–Crippen MR) is 176 cm³/mol. The normalized spacial score (nSPS) is 13.8. The van der Waals surface area contributed by atoms with Crippen LogP contribution in [0.3, 0.4) is 0 Å². The largest absolute Gasteiger partial charge is 0.254 e. The second kappa shape index (κ2) is 8.24. The van der Waals surface area contributed by atoms with Crippen LogP contribution in [0.5, 0.6) is 0 Å². The van der Waals surface area contributed by atoms with E-state index in [1.807, 2.05) is 24.5 Å². The minimum atomic E-state index is -0.432. The fourth-order valence-corrected chi connectivity index (χ4v) is 8.11. The van der Waals surface area contributed by atoms with Crippen molar-refractivity contribution in [2.75, 3.05) is 0 Å². The molecule has 2 aliphatic rings. The molecular weight excluding hydrogens is 520 g/mol. The maximum Gasteiger partial charge on any atom is 0.0970 e. The molecule has 0 fully saturated rings. The lowest BCUT2D eigenvalue weighted by Gasteiger charge is -2.40. The van der Waals surface area contributed by atoms with Crippen LogP contribution in [0.2, 0.25) is 0 Å². The molecule has 43 heavy (non-hydrogen) atoms. The highest BCUT2D eigenvalue weighted by Gasteiger charge is 2.50. The first kappa shape index (κ1) is 23.0. The Balaban J connectivity index is 1.38. The Bertz CT molecular complexity index is 2420. The molecule has 1 spiro atoms. The number of fused-ring (bicyclic) bond motifs is 12. The van der Waals surface area contributed by atoms with Crippen molar-refractivity contribution in [1.82, 2.24) is 9.97 Å². The van der Waals surface area contributed by atoms with Crippen molar-refractivity contribution in [1.29, 1.82) is 0 Å². The van der Waals surface area contributed by atoms with E-state index in [0.717, 1.165) is 21.8 Å². The summed E-state index contributed by atoms with van der Waals surface area (Å²) in [7, 11) is 0. The molecule has 2 heteroatoms. The van der Waals surface area contributed by atoms with E-state index in [-0.39, 0.29) is 0 Å². The summed E-state index contributed by atoms with van der Waals surface area (Å²) in [5.74, 6) is 0. The molecule has 2 aromatic heterocycles. The quantitative estimate of drug-likeness (QED) is 0.192. The lowest BCUT2D eigenvalue weighted by molar-refractivity contribution is 0.774. The van der Waals surface area contributed by atoms with Gasteiger partial charge >= 0.3 is 0 Å². The summed E-state index contributed by atoms with van der Waals surface area (Å²) in [5.41, 5.74) is 14.4. The second-order valence-corrected chi connectivity index (χ2v) is 11.7. The molecule has 0 bridgehead atoms. The van der Waals surface area contributed by atoms with Gasteiger partial charge in [-0.25, -0.2) is 0 Å². The first-order chi connectivity index (χ1) is 21.3. The number of aromatic nitrogens is 2. The van der Waals surface area contributed by atoms with Crippen molar-refractivity contribution in [2.45, 2.75) is 5.41 Å². The van der Waals surface area contributed by atoms with Gasteiger partial charge in [-0.15, -0.1) is 0 Å². The van der Waals surface area contributed by atoms with E-state index >= 15 is 0 Å². The molecule has 0 atom stereocenters. The fraction of sp³-hybridized carbons (Fsp3) is 0.0244.